The highest BCUT2D eigenvalue weighted by Gasteiger charge is 2.17. The number of hydrogen-bond acceptors (Lipinski definition) is 2. The topological polar surface area (TPSA) is 33.1 Å². The van der Waals surface area contributed by atoms with Gasteiger partial charge in [-0.05, 0) is 55.6 Å². The van der Waals surface area contributed by atoms with Gasteiger partial charge in [0, 0.05) is 31.6 Å². The fourth-order valence-corrected chi connectivity index (χ4v) is 3.49. The van der Waals surface area contributed by atoms with Crippen LogP contribution in [0, 0.1) is 0 Å². The molecule has 0 aliphatic rings. The Labute approximate surface area is 138 Å². The molecule has 2 nitrogen and oxygen atoms in total. The summed E-state index contributed by atoms with van der Waals surface area (Å²) in [5.41, 5.74) is 1.27. The zero-order valence-corrected chi connectivity index (χ0v) is 14.3. The predicted octanol–water partition coefficient (Wildman–Crippen LogP) is 5.19. The van der Waals surface area contributed by atoms with E-state index in [0.29, 0.717) is 22.2 Å². The van der Waals surface area contributed by atoms with Gasteiger partial charge in [-0.2, -0.15) is 0 Å². The molecule has 1 atom stereocenters. The molecule has 1 unspecified atom stereocenters. The van der Waals surface area contributed by atoms with Gasteiger partial charge in [-0.3, -0.25) is 4.98 Å². The maximum absolute atomic E-state index is 10.3. The Kier molecular flexibility index (Phi) is 5.26. The molecule has 0 aliphatic carbocycles. The van der Waals surface area contributed by atoms with Crippen molar-refractivity contribution in [3.63, 3.8) is 0 Å². The number of hydrogen-bond donors (Lipinski definition) is 1. The summed E-state index contributed by atoms with van der Waals surface area (Å²) in [5, 5.41) is 11.4. The Bertz CT molecular complexity index is 587. The van der Waals surface area contributed by atoms with Crippen molar-refractivity contribution in [3.05, 3.63) is 60.7 Å². The average molecular weight is 426 g/mol. The lowest BCUT2D eigenvalue weighted by atomic mass is 10.1. The molecule has 0 aliphatic heterocycles. The number of benzene rings is 1. The van der Waals surface area contributed by atoms with Crippen LogP contribution in [0.3, 0.4) is 0 Å². The number of aliphatic hydroxyl groups is 1. The normalized spacial score (nSPS) is 12.5. The standard InChI is InChI=1S/C13H9Br2Cl2NO/c14-7-4-9(15)13(18-6-7)12(19)5-8-10(16)2-1-3-11(8)17/h1-4,6,12,19H,5H2. The summed E-state index contributed by atoms with van der Waals surface area (Å²) in [6, 6.07) is 7.10. The number of halogens is 4. The highest BCUT2D eigenvalue weighted by Crippen LogP contribution is 2.31. The maximum Gasteiger partial charge on any atom is 0.101 e. The van der Waals surface area contributed by atoms with E-state index in [4.69, 9.17) is 23.2 Å². The fraction of sp³-hybridized carbons (Fsp3) is 0.154. The third-order valence-corrected chi connectivity index (χ3v) is 4.39. The monoisotopic (exact) mass is 423 g/mol. The van der Waals surface area contributed by atoms with Crippen molar-refractivity contribution in [1.82, 2.24) is 4.98 Å². The SMILES string of the molecule is OC(Cc1c(Cl)cccc1Cl)c1ncc(Br)cc1Br. The van der Waals surface area contributed by atoms with Gasteiger partial charge in [-0.1, -0.05) is 29.3 Å². The lowest BCUT2D eigenvalue weighted by Gasteiger charge is -2.14. The van der Waals surface area contributed by atoms with E-state index < -0.39 is 6.10 Å². The minimum absolute atomic E-state index is 0.311. The van der Waals surface area contributed by atoms with Crippen LogP contribution in [0.15, 0.2) is 39.4 Å². The fourth-order valence-electron chi connectivity index (χ4n) is 1.69. The van der Waals surface area contributed by atoms with Crippen molar-refractivity contribution in [1.29, 1.82) is 0 Å². The van der Waals surface area contributed by atoms with Crippen molar-refractivity contribution in [2.75, 3.05) is 0 Å². The van der Waals surface area contributed by atoms with Gasteiger partial charge in [-0.15, -0.1) is 0 Å². The number of rotatable bonds is 3. The van der Waals surface area contributed by atoms with Gasteiger partial charge in [0.05, 0.1) is 5.69 Å². The number of aliphatic hydroxyl groups excluding tert-OH is 1. The molecule has 0 bridgehead atoms. The van der Waals surface area contributed by atoms with Gasteiger partial charge in [0.15, 0.2) is 0 Å². The third kappa shape index (κ3) is 3.70. The van der Waals surface area contributed by atoms with Crippen LogP contribution in [0.5, 0.6) is 0 Å². The zero-order valence-electron chi connectivity index (χ0n) is 9.58. The van der Waals surface area contributed by atoms with E-state index in [9.17, 15) is 5.11 Å². The summed E-state index contributed by atoms with van der Waals surface area (Å²) in [4.78, 5) is 4.20. The van der Waals surface area contributed by atoms with Crippen LogP contribution in [-0.4, -0.2) is 10.1 Å². The minimum Gasteiger partial charge on any atom is -0.386 e. The summed E-state index contributed by atoms with van der Waals surface area (Å²) in [7, 11) is 0. The van der Waals surface area contributed by atoms with E-state index in [-0.39, 0.29) is 0 Å². The Morgan fingerprint density at radius 3 is 2.42 bits per heavy atom. The van der Waals surface area contributed by atoms with Crippen LogP contribution in [0.2, 0.25) is 10.0 Å². The average Bonchev–Trinajstić information content (AvgIpc) is 2.33. The van der Waals surface area contributed by atoms with Crippen molar-refractivity contribution >= 4 is 55.1 Å². The zero-order chi connectivity index (χ0) is 14.0. The van der Waals surface area contributed by atoms with Crippen LogP contribution >= 0.6 is 55.1 Å². The molecule has 0 saturated carbocycles. The first kappa shape index (κ1) is 15.3. The Morgan fingerprint density at radius 2 is 1.84 bits per heavy atom. The summed E-state index contributed by atoms with van der Waals surface area (Å²) >= 11 is 18.9. The van der Waals surface area contributed by atoms with Crippen molar-refractivity contribution in [3.8, 4) is 0 Å². The van der Waals surface area contributed by atoms with Gasteiger partial charge in [0.25, 0.3) is 0 Å². The van der Waals surface area contributed by atoms with E-state index in [1.54, 1.807) is 24.4 Å². The van der Waals surface area contributed by atoms with Gasteiger partial charge in [0.1, 0.15) is 6.10 Å². The molecule has 0 fully saturated rings. The molecule has 0 saturated heterocycles. The van der Waals surface area contributed by atoms with Gasteiger partial charge in [0.2, 0.25) is 0 Å². The van der Waals surface area contributed by atoms with Crippen LogP contribution in [-0.2, 0) is 6.42 Å². The maximum atomic E-state index is 10.3. The molecular formula is C13H9Br2Cl2NO. The van der Waals surface area contributed by atoms with Crippen molar-refractivity contribution in [2.45, 2.75) is 12.5 Å². The Morgan fingerprint density at radius 1 is 1.21 bits per heavy atom. The summed E-state index contributed by atoms with van der Waals surface area (Å²) < 4.78 is 1.57. The molecule has 19 heavy (non-hydrogen) atoms. The number of nitrogens with zero attached hydrogens (tertiary/aromatic N) is 1. The first-order chi connectivity index (χ1) is 8.99. The van der Waals surface area contributed by atoms with Crippen molar-refractivity contribution in [2.24, 2.45) is 0 Å². The molecule has 6 heteroatoms. The van der Waals surface area contributed by atoms with Crippen molar-refractivity contribution < 1.29 is 5.11 Å². The lowest BCUT2D eigenvalue weighted by Crippen LogP contribution is -2.06. The summed E-state index contributed by atoms with van der Waals surface area (Å²) in [6.07, 6.45) is 1.17. The van der Waals surface area contributed by atoms with Gasteiger partial charge < -0.3 is 5.11 Å². The lowest BCUT2D eigenvalue weighted by molar-refractivity contribution is 0.173. The van der Waals surface area contributed by atoms with Gasteiger partial charge >= 0.3 is 0 Å². The molecule has 1 aromatic carbocycles. The van der Waals surface area contributed by atoms with E-state index in [1.807, 2.05) is 6.07 Å². The Hall–Kier alpha value is -0.130. The molecule has 0 radical (unpaired) electrons. The number of aromatic nitrogens is 1. The highest BCUT2D eigenvalue weighted by molar-refractivity contribution is 9.11. The first-order valence-corrected chi connectivity index (χ1v) is 7.75. The smallest absolute Gasteiger partial charge is 0.101 e. The van der Waals surface area contributed by atoms with Crippen LogP contribution in [0.25, 0.3) is 0 Å². The molecule has 2 aromatic rings. The molecule has 1 aromatic heterocycles. The molecule has 100 valence electrons. The second kappa shape index (κ2) is 6.55. The largest absolute Gasteiger partial charge is 0.386 e. The van der Waals surface area contributed by atoms with Gasteiger partial charge in [-0.25, -0.2) is 0 Å². The predicted molar refractivity (Wildman–Crippen MR) is 84.8 cm³/mol. The second-order valence-corrected chi connectivity index (χ2v) is 6.53. The molecule has 0 amide bonds. The molecule has 1 N–H and O–H groups in total. The second-order valence-electron chi connectivity index (χ2n) is 3.94. The van der Waals surface area contributed by atoms with E-state index >= 15 is 0 Å². The molecule has 1 heterocycles. The molecular weight excluding hydrogens is 417 g/mol. The molecule has 0 spiro atoms. The van der Waals surface area contributed by atoms with E-state index in [2.05, 4.69) is 36.8 Å². The Balaban J connectivity index is 2.28. The summed E-state index contributed by atoms with van der Waals surface area (Å²) in [5.74, 6) is 0. The first-order valence-electron chi connectivity index (χ1n) is 5.41. The summed E-state index contributed by atoms with van der Waals surface area (Å²) in [6.45, 7) is 0. The third-order valence-electron chi connectivity index (χ3n) is 2.61. The quantitative estimate of drug-likeness (QED) is 0.734. The molecule has 2 rings (SSSR count). The van der Waals surface area contributed by atoms with Crippen LogP contribution in [0.1, 0.15) is 17.4 Å². The van der Waals surface area contributed by atoms with E-state index in [1.165, 1.54) is 0 Å². The minimum atomic E-state index is -0.778. The van der Waals surface area contributed by atoms with Crippen LogP contribution < -0.4 is 0 Å². The van der Waals surface area contributed by atoms with E-state index in [0.717, 1.165) is 14.5 Å². The highest BCUT2D eigenvalue weighted by atomic mass is 79.9. The van der Waals surface area contributed by atoms with Crippen LogP contribution in [0.4, 0.5) is 0 Å². The number of pyridine rings is 1.